The highest BCUT2D eigenvalue weighted by molar-refractivity contribution is 6.56. The normalized spacial score (nSPS) is 13.3. The molecule has 0 N–H and O–H groups in total. The highest BCUT2D eigenvalue weighted by Crippen LogP contribution is 2.37. The molecule has 0 saturated carbocycles. The molecular formula is C31H29F3N2O2. The maximum Gasteiger partial charge on any atom is 0.416 e. The van der Waals surface area contributed by atoms with Crippen LogP contribution in [-0.2, 0) is 22.3 Å². The van der Waals surface area contributed by atoms with Crippen molar-refractivity contribution >= 4 is 28.7 Å². The molecule has 1 amide bonds. The number of methoxy groups -OCH3 is 1. The number of anilines is 2. The molecule has 4 aromatic rings. The van der Waals surface area contributed by atoms with E-state index in [0.29, 0.717) is 23.5 Å². The molecule has 0 aliphatic carbocycles. The minimum absolute atomic E-state index is 0.0814. The number of hydrogen-bond donors (Lipinski definition) is 0. The summed E-state index contributed by atoms with van der Waals surface area (Å²) >= 11 is 0. The van der Waals surface area contributed by atoms with Crippen molar-refractivity contribution in [1.82, 2.24) is 0 Å². The van der Waals surface area contributed by atoms with Crippen LogP contribution in [0.1, 0.15) is 30.5 Å². The molecule has 0 saturated heterocycles. The first kappa shape index (κ1) is 28.3. The van der Waals surface area contributed by atoms with Crippen molar-refractivity contribution < 1.29 is 22.7 Å². The Morgan fingerprint density at radius 1 is 0.789 bits per heavy atom. The minimum Gasteiger partial charge on any atom is -0.380 e. The molecule has 7 heteroatoms. The Labute approximate surface area is 221 Å². The molecule has 196 valence electrons. The Bertz CT molecular complexity index is 1350. The van der Waals surface area contributed by atoms with E-state index >= 15 is 0 Å². The number of alkyl halides is 3. The van der Waals surface area contributed by atoms with Gasteiger partial charge in [-0.25, -0.2) is 4.99 Å². The van der Waals surface area contributed by atoms with E-state index in [0.717, 1.165) is 12.1 Å². The summed E-state index contributed by atoms with van der Waals surface area (Å²) in [4.78, 5) is 18.8. The van der Waals surface area contributed by atoms with Gasteiger partial charge >= 0.3 is 6.18 Å². The number of carbonyl (C=O) groups excluding carboxylic acids is 1. The molecule has 5 rings (SSSR count). The number of nitrogens with zero attached hydrogens (tertiary/aromatic N) is 2. The van der Waals surface area contributed by atoms with E-state index in [2.05, 4.69) is 4.99 Å². The first-order valence-corrected chi connectivity index (χ1v) is 12.2. The van der Waals surface area contributed by atoms with Gasteiger partial charge in [-0.15, -0.1) is 0 Å². The summed E-state index contributed by atoms with van der Waals surface area (Å²) in [6.07, 6.45) is -4.47. The molecule has 0 unspecified atom stereocenters. The molecule has 38 heavy (non-hydrogen) atoms. The lowest BCUT2D eigenvalue weighted by atomic mass is 10.1. The molecular weight excluding hydrogens is 489 g/mol. The zero-order chi connectivity index (χ0) is 27.5. The van der Waals surface area contributed by atoms with Crippen molar-refractivity contribution in [2.75, 3.05) is 12.0 Å². The molecule has 0 atom stereocenters. The molecule has 1 aliphatic heterocycles. The lowest BCUT2D eigenvalue weighted by Crippen LogP contribution is -2.25. The Balaban J connectivity index is 0.000000307. The van der Waals surface area contributed by atoms with Crippen LogP contribution in [0.5, 0.6) is 0 Å². The van der Waals surface area contributed by atoms with Gasteiger partial charge in [0.05, 0.1) is 23.5 Å². The Kier molecular flexibility index (Phi) is 9.96. The van der Waals surface area contributed by atoms with E-state index in [1.54, 1.807) is 43.5 Å². The topological polar surface area (TPSA) is 41.9 Å². The lowest BCUT2D eigenvalue weighted by molar-refractivity contribution is -0.137. The number of benzene rings is 4. The summed E-state index contributed by atoms with van der Waals surface area (Å²) in [5.41, 5.74) is 2.53. The van der Waals surface area contributed by atoms with Crippen LogP contribution < -0.4 is 4.90 Å². The summed E-state index contributed by atoms with van der Waals surface area (Å²) < 4.78 is 43.8. The Morgan fingerprint density at radius 2 is 1.39 bits per heavy atom. The number of hydrogen-bond acceptors (Lipinski definition) is 3. The molecule has 0 bridgehead atoms. The SMILES string of the molecule is CC.COCc1ccccc1.O=C1C(=Nc2cccc(C(F)(F)F)c2)c2ccccc2N1c1ccccc1. The fourth-order valence-electron chi connectivity index (χ4n) is 3.76. The first-order chi connectivity index (χ1) is 18.4. The van der Waals surface area contributed by atoms with E-state index in [-0.39, 0.29) is 17.3 Å². The van der Waals surface area contributed by atoms with Crippen molar-refractivity contribution in [1.29, 1.82) is 0 Å². The van der Waals surface area contributed by atoms with Crippen LogP contribution in [0.25, 0.3) is 0 Å². The summed E-state index contributed by atoms with van der Waals surface area (Å²) in [7, 11) is 1.70. The first-order valence-electron chi connectivity index (χ1n) is 12.2. The van der Waals surface area contributed by atoms with Crippen LogP contribution in [0.4, 0.5) is 30.2 Å². The van der Waals surface area contributed by atoms with Crippen LogP contribution in [0.2, 0.25) is 0 Å². The van der Waals surface area contributed by atoms with Crippen molar-refractivity contribution in [2.45, 2.75) is 26.6 Å². The number of fused-ring (bicyclic) bond motifs is 1. The van der Waals surface area contributed by atoms with Crippen molar-refractivity contribution in [2.24, 2.45) is 4.99 Å². The molecule has 0 radical (unpaired) electrons. The Hall–Kier alpha value is -4.23. The van der Waals surface area contributed by atoms with Crippen LogP contribution in [0.3, 0.4) is 0 Å². The largest absolute Gasteiger partial charge is 0.416 e. The van der Waals surface area contributed by atoms with E-state index < -0.39 is 11.7 Å². The summed E-state index contributed by atoms with van der Waals surface area (Å²) in [6.45, 7) is 4.71. The average Bonchev–Trinajstić information content (AvgIpc) is 3.22. The molecule has 1 aliphatic rings. The summed E-state index contributed by atoms with van der Waals surface area (Å²) in [5, 5.41) is 0. The van der Waals surface area contributed by atoms with Gasteiger partial charge in [-0.1, -0.05) is 86.6 Å². The quantitative estimate of drug-likeness (QED) is 0.272. The number of carbonyl (C=O) groups is 1. The lowest BCUT2D eigenvalue weighted by Gasteiger charge is -2.16. The van der Waals surface area contributed by atoms with Crippen LogP contribution >= 0.6 is 0 Å². The van der Waals surface area contributed by atoms with E-state index in [1.165, 1.54) is 22.6 Å². The van der Waals surface area contributed by atoms with Gasteiger partial charge < -0.3 is 4.74 Å². The monoisotopic (exact) mass is 518 g/mol. The number of para-hydroxylation sites is 2. The number of ether oxygens (including phenoxy) is 1. The fourth-order valence-corrected chi connectivity index (χ4v) is 3.76. The van der Waals surface area contributed by atoms with Gasteiger partial charge in [-0.3, -0.25) is 9.69 Å². The van der Waals surface area contributed by atoms with Gasteiger partial charge in [0.1, 0.15) is 5.71 Å². The molecule has 0 spiro atoms. The highest BCUT2D eigenvalue weighted by atomic mass is 19.4. The standard InChI is InChI=1S/C21H13F3N2O.C8H10O.C2H6/c22-21(23,24)14-7-6-8-15(13-14)25-19-17-11-4-5-12-18(17)26(20(19)27)16-9-2-1-3-10-16;1-9-7-8-5-3-2-4-6-8;1-2/h1-13H;2-6H,7H2,1H3;1-2H3. The van der Waals surface area contributed by atoms with Gasteiger partial charge in [0.25, 0.3) is 5.91 Å². The van der Waals surface area contributed by atoms with E-state index in [9.17, 15) is 18.0 Å². The number of amides is 1. The number of aliphatic imine (C=N–C) groups is 1. The predicted molar refractivity (Wildman–Crippen MR) is 146 cm³/mol. The zero-order valence-corrected chi connectivity index (χ0v) is 21.4. The smallest absolute Gasteiger partial charge is 0.380 e. The van der Waals surface area contributed by atoms with Gasteiger partial charge in [0, 0.05) is 18.4 Å². The third-order valence-corrected chi connectivity index (χ3v) is 5.39. The van der Waals surface area contributed by atoms with Crippen molar-refractivity contribution in [3.05, 3.63) is 126 Å². The van der Waals surface area contributed by atoms with Crippen LogP contribution in [-0.4, -0.2) is 18.7 Å². The second-order valence-corrected chi connectivity index (χ2v) is 7.92. The average molecular weight is 519 g/mol. The minimum atomic E-state index is -4.47. The van der Waals surface area contributed by atoms with Gasteiger partial charge in [-0.2, -0.15) is 13.2 Å². The summed E-state index contributed by atoms with van der Waals surface area (Å²) in [5.74, 6) is -0.375. The van der Waals surface area contributed by atoms with Gasteiger partial charge in [-0.05, 0) is 42.0 Å². The molecule has 1 heterocycles. The molecule has 4 nitrogen and oxygen atoms in total. The van der Waals surface area contributed by atoms with Gasteiger partial charge in [0.2, 0.25) is 0 Å². The third-order valence-electron chi connectivity index (χ3n) is 5.39. The van der Waals surface area contributed by atoms with Crippen LogP contribution in [0, 0.1) is 0 Å². The van der Waals surface area contributed by atoms with Crippen LogP contribution in [0.15, 0.2) is 114 Å². The maximum absolute atomic E-state index is 13.0. The zero-order valence-electron chi connectivity index (χ0n) is 21.4. The number of halogens is 3. The molecule has 0 fully saturated rings. The predicted octanol–water partition coefficient (Wildman–Crippen LogP) is 8.36. The fraction of sp³-hybridized carbons (Fsp3) is 0.161. The second-order valence-electron chi connectivity index (χ2n) is 7.92. The highest BCUT2D eigenvalue weighted by Gasteiger charge is 2.35. The number of rotatable bonds is 4. The maximum atomic E-state index is 13.0. The van der Waals surface area contributed by atoms with Gasteiger partial charge in [0.15, 0.2) is 0 Å². The van der Waals surface area contributed by atoms with Crippen molar-refractivity contribution in [3.8, 4) is 0 Å². The second kappa shape index (κ2) is 13.4. The Morgan fingerprint density at radius 3 is 2.03 bits per heavy atom. The third kappa shape index (κ3) is 6.95. The molecule has 4 aromatic carbocycles. The van der Waals surface area contributed by atoms with E-state index in [4.69, 9.17) is 4.74 Å². The van der Waals surface area contributed by atoms with E-state index in [1.807, 2.05) is 62.4 Å². The summed E-state index contributed by atoms with van der Waals surface area (Å²) in [6, 6.07) is 30.9. The van der Waals surface area contributed by atoms with Crippen molar-refractivity contribution in [3.63, 3.8) is 0 Å². The molecule has 0 aromatic heterocycles.